The molecule has 1 aromatic carbocycles. The lowest BCUT2D eigenvalue weighted by atomic mass is 9.80. The molecule has 20 heavy (non-hydrogen) atoms. The van der Waals surface area contributed by atoms with Crippen LogP contribution in [0.1, 0.15) is 38.2 Å². The second-order valence-corrected chi connectivity index (χ2v) is 8.07. The molecule has 0 saturated heterocycles. The van der Waals surface area contributed by atoms with Crippen molar-refractivity contribution >= 4 is 9.84 Å². The first-order valence-electron chi connectivity index (χ1n) is 7.50. The molecule has 0 bridgehead atoms. The van der Waals surface area contributed by atoms with Crippen LogP contribution in [-0.4, -0.2) is 20.2 Å². The first-order valence-corrected chi connectivity index (χ1v) is 9.05. The van der Waals surface area contributed by atoms with Gasteiger partial charge >= 0.3 is 0 Å². The quantitative estimate of drug-likeness (QED) is 0.929. The highest BCUT2D eigenvalue weighted by Gasteiger charge is 2.39. The molecule has 0 amide bonds. The summed E-state index contributed by atoms with van der Waals surface area (Å²) in [6, 6.07) is 7.28. The van der Waals surface area contributed by atoms with E-state index in [4.69, 9.17) is 5.73 Å². The summed E-state index contributed by atoms with van der Waals surface area (Å²) >= 11 is 0. The summed E-state index contributed by atoms with van der Waals surface area (Å²) in [5.41, 5.74) is 6.66. The number of hydrogen-bond donors (Lipinski definition) is 1. The van der Waals surface area contributed by atoms with Crippen molar-refractivity contribution in [1.82, 2.24) is 0 Å². The summed E-state index contributed by atoms with van der Waals surface area (Å²) in [6.07, 6.45) is 3.86. The van der Waals surface area contributed by atoms with Gasteiger partial charge < -0.3 is 5.73 Å². The molecule has 1 aromatic rings. The molecule has 0 aromatic heterocycles. The predicted molar refractivity (Wildman–Crippen MR) is 82.3 cm³/mol. The number of rotatable bonds is 4. The number of sulfone groups is 1. The highest BCUT2D eigenvalue weighted by Crippen LogP contribution is 2.37. The van der Waals surface area contributed by atoms with Crippen LogP contribution in [0, 0.1) is 18.8 Å². The van der Waals surface area contributed by atoms with Crippen molar-refractivity contribution in [2.45, 2.75) is 49.7 Å². The van der Waals surface area contributed by atoms with Gasteiger partial charge in [0.1, 0.15) is 0 Å². The van der Waals surface area contributed by atoms with Crippen LogP contribution in [0.15, 0.2) is 29.2 Å². The molecule has 2 N–H and O–H groups in total. The summed E-state index contributed by atoms with van der Waals surface area (Å²) in [6.45, 7) is 4.47. The number of nitrogens with two attached hydrogens (primary N) is 1. The molecule has 1 saturated carbocycles. The van der Waals surface area contributed by atoms with E-state index in [0.717, 1.165) is 31.2 Å². The van der Waals surface area contributed by atoms with E-state index in [1.807, 2.05) is 19.1 Å². The standard InChI is InChI=1S/C16H25NO2S/c1-3-13-8-9-14(11-17)16(10-13)20(18,19)15-7-5-4-6-12(15)2/h4-7,13-14,16H,3,8-11,17H2,1-2H3. The van der Waals surface area contributed by atoms with Gasteiger partial charge in [0, 0.05) is 0 Å². The van der Waals surface area contributed by atoms with Gasteiger partial charge in [-0.15, -0.1) is 0 Å². The largest absolute Gasteiger partial charge is 0.330 e. The third-order valence-electron chi connectivity index (χ3n) is 4.72. The number of benzene rings is 1. The van der Waals surface area contributed by atoms with Crippen LogP contribution in [0.25, 0.3) is 0 Å². The molecule has 0 aliphatic heterocycles. The fourth-order valence-electron chi connectivity index (χ4n) is 3.33. The van der Waals surface area contributed by atoms with Gasteiger partial charge in [-0.3, -0.25) is 0 Å². The molecule has 112 valence electrons. The second kappa shape index (κ2) is 6.27. The second-order valence-electron chi connectivity index (χ2n) is 5.93. The Kier molecular flexibility index (Phi) is 4.86. The van der Waals surface area contributed by atoms with E-state index in [2.05, 4.69) is 6.92 Å². The Morgan fingerprint density at radius 3 is 2.55 bits per heavy atom. The van der Waals surface area contributed by atoms with Crippen molar-refractivity contribution in [3.8, 4) is 0 Å². The third-order valence-corrected chi connectivity index (χ3v) is 7.16. The first-order chi connectivity index (χ1) is 9.50. The van der Waals surface area contributed by atoms with Crippen molar-refractivity contribution in [3.05, 3.63) is 29.8 Å². The zero-order valence-electron chi connectivity index (χ0n) is 12.4. The zero-order chi connectivity index (χ0) is 14.8. The van der Waals surface area contributed by atoms with Crippen molar-refractivity contribution in [2.75, 3.05) is 6.54 Å². The number of aryl methyl sites for hydroxylation is 1. The Labute approximate surface area is 122 Å². The number of hydrogen-bond acceptors (Lipinski definition) is 3. The Morgan fingerprint density at radius 1 is 1.25 bits per heavy atom. The van der Waals surface area contributed by atoms with Crippen LogP contribution >= 0.6 is 0 Å². The van der Waals surface area contributed by atoms with E-state index in [1.165, 1.54) is 0 Å². The molecule has 3 nitrogen and oxygen atoms in total. The van der Waals surface area contributed by atoms with Gasteiger partial charge in [0.2, 0.25) is 0 Å². The normalized spacial score (nSPS) is 27.4. The van der Waals surface area contributed by atoms with Crippen LogP contribution in [0.2, 0.25) is 0 Å². The average Bonchev–Trinajstić information content (AvgIpc) is 2.46. The Balaban J connectivity index is 2.38. The van der Waals surface area contributed by atoms with Crippen LogP contribution in [0.5, 0.6) is 0 Å². The fourth-order valence-corrected chi connectivity index (χ4v) is 5.72. The van der Waals surface area contributed by atoms with Crippen molar-refractivity contribution < 1.29 is 8.42 Å². The highest BCUT2D eigenvalue weighted by atomic mass is 32.2. The van der Waals surface area contributed by atoms with E-state index < -0.39 is 9.84 Å². The molecular weight excluding hydrogens is 270 g/mol. The lowest BCUT2D eigenvalue weighted by Crippen LogP contribution is -2.40. The monoisotopic (exact) mass is 295 g/mol. The summed E-state index contributed by atoms with van der Waals surface area (Å²) in [5.74, 6) is 0.615. The van der Waals surface area contributed by atoms with Crippen LogP contribution in [0.3, 0.4) is 0 Å². The van der Waals surface area contributed by atoms with E-state index in [0.29, 0.717) is 17.4 Å². The average molecular weight is 295 g/mol. The van der Waals surface area contributed by atoms with Gasteiger partial charge in [-0.05, 0) is 49.8 Å². The summed E-state index contributed by atoms with van der Waals surface area (Å²) < 4.78 is 26.0. The predicted octanol–water partition coefficient (Wildman–Crippen LogP) is 2.92. The molecule has 4 heteroatoms. The first kappa shape index (κ1) is 15.5. The van der Waals surface area contributed by atoms with Gasteiger partial charge in [-0.2, -0.15) is 0 Å². The lowest BCUT2D eigenvalue weighted by Gasteiger charge is -2.35. The summed E-state index contributed by atoms with van der Waals surface area (Å²) in [7, 11) is -3.28. The zero-order valence-corrected chi connectivity index (χ0v) is 13.2. The van der Waals surface area contributed by atoms with Crippen molar-refractivity contribution in [1.29, 1.82) is 0 Å². The van der Waals surface area contributed by atoms with E-state index in [-0.39, 0.29) is 11.2 Å². The minimum absolute atomic E-state index is 0.0995. The lowest BCUT2D eigenvalue weighted by molar-refractivity contribution is 0.275. The van der Waals surface area contributed by atoms with Crippen molar-refractivity contribution in [3.63, 3.8) is 0 Å². The summed E-state index contributed by atoms with van der Waals surface area (Å²) in [4.78, 5) is 0.486. The minimum Gasteiger partial charge on any atom is -0.330 e. The molecule has 3 atom stereocenters. The minimum atomic E-state index is -3.28. The van der Waals surface area contributed by atoms with Crippen molar-refractivity contribution in [2.24, 2.45) is 17.6 Å². The van der Waals surface area contributed by atoms with E-state index >= 15 is 0 Å². The maximum atomic E-state index is 13.0. The molecule has 1 fully saturated rings. The van der Waals surface area contributed by atoms with Crippen LogP contribution < -0.4 is 5.73 Å². The van der Waals surface area contributed by atoms with Crippen LogP contribution in [0.4, 0.5) is 0 Å². The van der Waals surface area contributed by atoms with Gasteiger partial charge in [0.05, 0.1) is 10.1 Å². The maximum Gasteiger partial charge on any atom is 0.181 e. The van der Waals surface area contributed by atoms with Gasteiger partial charge in [0.15, 0.2) is 9.84 Å². The third kappa shape index (κ3) is 2.91. The Hall–Kier alpha value is -0.870. The Bertz CT molecular complexity index is 553. The van der Waals surface area contributed by atoms with Crippen LogP contribution in [-0.2, 0) is 9.84 Å². The van der Waals surface area contributed by atoms with Gasteiger partial charge in [-0.25, -0.2) is 8.42 Å². The molecule has 0 heterocycles. The molecule has 1 aliphatic carbocycles. The molecule has 0 spiro atoms. The summed E-state index contributed by atoms with van der Waals surface area (Å²) in [5, 5.41) is -0.313. The SMILES string of the molecule is CCC1CCC(CN)C(S(=O)(=O)c2ccccc2C)C1. The highest BCUT2D eigenvalue weighted by molar-refractivity contribution is 7.92. The Morgan fingerprint density at radius 2 is 1.95 bits per heavy atom. The smallest absolute Gasteiger partial charge is 0.181 e. The fraction of sp³-hybridized carbons (Fsp3) is 0.625. The maximum absolute atomic E-state index is 13.0. The molecule has 3 unspecified atom stereocenters. The topological polar surface area (TPSA) is 60.2 Å². The van der Waals surface area contributed by atoms with Gasteiger partial charge in [0.25, 0.3) is 0 Å². The molecule has 1 aliphatic rings. The van der Waals surface area contributed by atoms with E-state index in [1.54, 1.807) is 12.1 Å². The van der Waals surface area contributed by atoms with Gasteiger partial charge in [-0.1, -0.05) is 38.0 Å². The molecule has 2 rings (SSSR count). The molecule has 0 radical (unpaired) electrons. The van der Waals surface area contributed by atoms with E-state index in [9.17, 15) is 8.42 Å². The molecular formula is C16H25NO2S.